The van der Waals surface area contributed by atoms with Crippen LogP contribution >= 0.6 is 0 Å². The number of nitrogens with zero attached hydrogens (tertiary/aromatic N) is 1. The maximum atomic E-state index is 2.41. The molecular weight excluding hydrogens is 158 g/mol. The smallest absolute Gasteiger partial charge is 0.0233 e. The first-order valence-electron chi connectivity index (χ1n) is 5.03. The first-order valence-corrected chi connectivity index (χ1v) is 5.03. The van der Waals surface area contributed by atoms with Gasteiger partial charge in [0.2, 0.25) is 0 Å². The molecule has 1 unspecified atom stereocenters. The van der Waals surface area contributed by atoms with Crippen LogP contribution in [0.3, 0.4) is 0 Å². The summed E-state index contributed by atoms with van der Waals surface area (Å²) in [6.07, 6.45) is 1.29. The minimum atomic E-state index is 0.723. The van der Waals surface area contributed by atoms with Gasteiger partial charge in [-0.3, -0.25) is 0 Å². The Morgan fingerprint density at radius 2 is 2.08 bits per heavy atom. The third-order valence-electron chi connectivity index (χ3n) is 2.97. The van der Waals surface area contributed by atoms with Crippen molar-refractivity contribution in [1.29, 1.82) is 0 Å². The average molecular weight is 175 g/mol. The van der Waals surface area contributed by atoms with Gasteiger partial charge in [0.1, 0.15) is 0 Å². The molecule has 1 aromatic rings. The molecule has 1 heteroatoms. The fraction of sp³-hybridized carbons (Fsp3) is 0.500. The van der Waals surface area contributed by atoms with Gasteiger partial charge < -0.3 is 4.90 Å². The Morgan fingerprint density at radius 1 is 1.31 bits per heavy atom. The molecule has 0 saturated carbocycles. The molecule has 0 fully saturated rings. The van der Waals surface area contributed by atoms with Crippen molar-refractivity contribution in [2.24, 2.45) is 0 Å². The Kier molecular flexibility index (Phi) is 2.36. The van der Waals surface area contributed by atoms with Crippen LogP contribution in [0.2, 0.25) is 0 Å². The maximum absolute atomic E-state index is 2.41. The molecule has 0 aromatic heterocycles. The Hall–Kier alpha value is -0.820. The fourth-order valence-corrected chi connectivity index (χ4v) is 2.10. The monoisotopic (exact) mass is 175 g/mol. The lowest BCUT2D eigenvalue weighted by Gasteiger charge is -2.12. The zero-order valence-corrected chi connectivity index (χ0v) is 8.46. The molecule has 2 rings (SSSR count). The topological polar surface area (TPSA) is 3.24 Å². The molecule has 0 spiro atoms. The van der Waals surface area contributed by atoms with E-state index in [0.29, 0.717) is 0 Å². The van der Waals surface area contributed by atoms with Crippen molar-refractivity contribution in [3.8, 4) is 0 Å². The van der Waals surface area contributed by atoms with E-state index in [1.807, 2.05) is 0 Å². The van der Waals surface area contributed by atoms with Crippen LogP contribution in [-0.4, -0.2) is 18.5 Å². The van der Waals surface area contributed by atoms with E-state index in [9.17, 15) is 0 Å². The summed E-state index contributed by atoms with van der Waals surface area (Å²) in [5.41, 5.74) is 3.06. The highest BCUT2D eigenvalue weighted by atomic mass is 15.1. The van der Waals surface area contributed by atoms with E-state index in [4.69, 9.17) is 0 Å². The standard InChI is InChI=1S/C12H17N/c1-10-7-8-13(2)9-11-5-3-4-6-12(10)11/h3-6,10H,7-9H2,1-2H3. The molecule has 70 valence electrons. The molecular formula is C12H17N. The van der Waals surface area contributed by atoms with Gasteiger partial charge in [0.15, 0.2) is 0 Å². The molecule has 0 radical (unpaired) electrons. The van der Waals surface area contributed by atoms with Gasteiger partial charge >= 0.3 is 0 Å². The van der Waals surface area contributed by atoms with Crippen LogP contribution in [-0.2, 0) is 6.54 Å². The summed E-state index contributed by atoms with van der Waals surface area (Å²) in [6, 6.07) is 8.83. The first-order chi connectivity index (χ1) is 6.27. The number of benzene rings is 1. The highest BCUT2D eigenvalue weighted by molar-refractivity contribution is 5.30. The summed E-state index contributed by atoms with van der Waals surface area (Å²) in [5.74, 6) is 0.723. The van der Waals surface area contributed by atoms with Crippen LogP contribution in [0.5, 0.6) is 0 Å². The molecule has 0 saturated heterocycles. The van der Waals surface area contributed by atoms with E-state index < -0.39 is 0 Å². The van der Waals surface area contributed by atoms with E-state index in [0.717, 1.165) is 12.5 Å². The summed E-state index contributed by atoms with van der Waals surface area (Å²) < 4.78 is 0. The largest absolute Gasteiger partial charge is 0.302 e. The van der Waals surface area contributed by atoms with E-state index in [1.165, 1.54) is 18.5 Å². The van der Waals surface area contributed by atoms with Gasteiger partial charge in [-0.1, -0.05) is 31.2 Å². The number of fused-ring (bicyclic) bond motifs is 1. The quantitative estimate of drug-likeness (QED) is 0.586. The summed E-state index contributed by atoms with van der Waals surface area (Å²) in [6.45, 7) is 4.66. The zero-order valence-electron chi connectivity index (χ0n) is 8.46. The van der Waals surface area contributed by atoms with Gasteiger partial charge in [-0.25, -0.2) is 0 Å². The van der Waals surface area contributed by atoms with Gasteiger partial charge in [0.05, 0.1) is 0 Å². The predicted molar refractivity (Wildman–Crippen MR) is 55.8 cm³/mol. The van der Waals surface area contributed by atoms with Gasteiger partial charge in [-0.2, -0.15) is 0 Å². The predicted octanol–water partition coefficient (Wildman–Crippen LogP) is 2.63. The van der Waals surface area contributed by atoms with Crippen molar-refractivity contribution in [2.75, 3.05) is 13.6 Å². The van der Waals surface area contributed by atoms with E-state index in [1.54, 1.807) is 5.56 Å². The van der Waals surface area contributed by atoms with E-state index in [-0.39, 0.29) is 0 Å². The fourth-order valence-electron chi connectivity index (χ4n) is 2.10. The first kappa shape index (κ1) is 8.76. The summed E-state index contributed by atoms with van der Waals surface area (Å²) >= 11 is 0. The van der Waals surface area contributed by atoms with Gasteiger partial charge in [0.25, 0.3) is 0 Å². The van der Waals surface area contributed by atoms with Crippen LogP contribution in [0, 0.1) is 0 Å². The van der Waals surface area contributed by atoms with Crippen LogP contribution in [0.4, 0.5) is 0 Å². The minimum absolute atomic E-state index is 0.723. The molecule has 0 amide bonds. The van der Waals surface area contributed by atoms with Gasteiger partial charge in [0, 0.05) is 6.54 Å². The van der Waals surface area contributed by atoms with Crippen molar-refractivity contribution < 1.29 is 0 Å². The Balaban J connectivity index is 2.38. The third-order valence-corrected chi connectivity index (χ3v) is 2.97. The van der Waals surface area contributed by atoms with Gasteiger partial charge in [-0.05, 0) is 37.1 Å². The van der Waals surface area contributed by atoms with Crippen molar-refractivity contribution in [1.82, 2.24) is 4.90 Å². The second-order valence-electron chi connectivity index (χ2n) is 4.13. The lowest BCUT2D eigenvalue weighted by atomic mass is 9.95. The number of rotatable bonds is 0. The van der Waals surface area contributed by atoms with Gasteiger partial charge in [-0.15, -0.1) is 0 Å². The molecule has 1 aliphatic rings. The molecule has 1 atom stereocenters. The van der Waals surface area contributed by atoms with Crippen LogP contribution < -0.4 is 0 Å². The summed E-state index contributed by atoms with van der Waals surface area (Å²) in [5, 5.41) is 0. The summed E-state index contributed by atoms with van der Waals surface area (Å²) in [4.78, 5) is 2.41. The van der Waals surface area contributed by atoms with Crippen molar-refractivity contribution >= 4 is 0 Å². The molecule has 1 heterocycles. The van der Waals surface area contributed by atoms with Crippen molar-refractivity contribution in [3.63, 3.8) is 0 Å². The Morgan fingerprint density at radius 3 is 2.92 bits per heavy atom. The number of hydrogen-bond donors (Lipinski definition) is 0. The summed E-state index contributed by atoms with van der Waals surface area (Å²) in [7, 11) is 2.20. The zero-order chi connectivity index (χ0) is 9.26. The third kappa shape index (κ3) is 1.75. The second-order valence-corrected chi connectivity index (χ2v) is 4.13. The van der Waals surface area contributed by atoms with Crippen LogP contribution in [0.15, 0.2) is 24.3 Å². The van der Waals surface area contributed by atoms with E-state index in [2.05, 4.69) is 43.1 Å². The minimum Gasteiger partial charge on any atom is -0.302 e. The molecule has 1 aliphatic heterocycles. The average Bonchev–Trinajstić information content (AvgIpc) is 2.27. The molecule has 0 N–H and O–H groups in total. The SMILES string of the molecule is CC1CCN(C)Cc2ccccc21. The highest BCUT2D eigenvalue weighted by Crippen LogP contribution is 2.26. The molecule has 13 heavy (non-hydrogen) atoms. The Labute approximate surface area is 80.4 Å². The lowest BCUT2D eigenvalue weighted by molar-refractivity contribution is 0.326. The van der Waals surface area contributed by atoms with Crippen molar-refractivity contribution in [3.05, 3.63) is 35.4 Å². The molecule has 0 aliphatic carbocycles. The van der Waals surface area contributed by atoms with Crippen LogP contribution in [0.25, 0.3) is 0 Å². The maximum Gasteiger partial charge on any atom is 0.0233 e. The normalized spacial score (nSPS) is 23.7. The molecule has 1 nitrogen and oxygen atoms in total. The van der Waals surface area contributed by atoms with E-state index >= 15 is 0 Å². The highest BCUT2D eigenvalue weighted by Gasteiger charge is 2.15. The molecule has 1 aromatic carbocycles. The molecule has 0 bridgehead atoms. The second kappa shape index (κ2) is 3.51. The number of hydrogen-bond acceptors (Lipinski definition) is 1. The Bertz CT molecular complexity index is 293. The van der Waals surface area contributed by atoms with Crippen LogP contribution in [0.1, 0.15) is 30.4 Å². The van der Waals surface area contributed by atoms with Crippen molar-refractivity contribution in [2.45, 2.75) is 25.8 Å². The lowest BCUT2D eigenvalue weighted by Crippen LogP contribution is -2.17.